The van der Waals surface area contributed by atoms with Crippen molar-refractivity contribution in [1.82, 2.24) is 0 Å². The zero-order valence-electron chi connectivity index (χ0n) is 56.3. The number of aryl methyl sites for hydroxylation is 1. The van der Waals surface area contributed by atoms with Gasteiger partial charge in [-0.2, -0.15) is 0 Å². The molecule has 2 nitrogen and oxygen atoms in total. The first kappa shape index (κ1) is 76.5. The molecule has 0 aliphatic carbocycles. The molecule has 0 saturated carbocycles. The number of halogens is 1. The molecule has 1 heterocycles. The number of aromatic nitrogens is 1. The van der Waals surface area contributed by atoms with Crippen LogP contribution >= 0.6 is 15.9 Å². The fraction of sp³-hybridized carbons (Fsp3) is 0.835. The van der Waals surface area contributed by atoms with Crippen molar-refractivity contribution in [1.29, 1.82) is 0 Å². The third-order valence-electron chi connectivity index (χ3n) is 18.9. The number of pyridine rings is 1. The molecule has 3 heteroatoms. The van der Waals surface area contributed by atoms with Crippen LogP contribution in [0.3, 0.4) is 0 Å². The van der Waals surface area contributed by atoms with Crippen LogP contribution in [0.4, 0.5) is 5.69 Å². The Balaban J connectivity index is 2.08. The van der Waals surface area contributed by atoms with Gasteiger partial charge < -0.3 is 4.90 Å². The topological polar surface area (TPSA) is 7.12 Å². The van der Waals surface area contributed by atoms with Crippen molar-refractivity contribution in [2.75, 3.05) is 4.90 Å². The van der Waals surface area contributed by atoms with Crippen LogP contribution in [-0.2, 0) is 6.54 Å². The number of rotatable bonds is 64. The zero-order chi connectivity index (χ0) is 58.7. The molecule has 0 fully saturated rings. The second kappa shape index (κ2) is 59.7. The van der Waals surface area contributed by atoms with Crippen LogP contribution in [0.1, 0.15) is 418 Å². The van der Waals surface area contributed by atoms with Crippen LogP contribution < -0.4 is 9.47 Å². The van der Waals surface area contributed by atoms with Gasteiger partial charge in [-0.05, 0) is 66.2 Å². The minimum Gasteiger partial charge on any atom is -0.366 e. The number of hydrogen-bond acceptors (Lipinski definition) is 1. The molecule has 2 aromatic rings. The average Bonchev–Trinajstić information content (AvgIpc) is 3.69. The molecule has 0 aliphatic heterocycles. The number of nitrogens with zero attached hydrogens (tertiary/aromatic N) is 2. The van der Waals surface area contributed by atoms with Crippen molar-refractivity contribution in [3.05, 3.63) is 58.3 Å². The maximum Gasteiger partial charge on any atom is 0.183 e. The summed E-state index contributed by atoms with van der Waals surface area (Å²) in [7, 11) is 0. The van der Waals surface area contributed by atoms with Gasteiger partial charge in [0.2, 0.25) is 0 Å². The lowest BCUT2D eigenvalue weighted by Crippen LogP contribution is -2.44. The van der Waals surface area contributed by atoms with E-state index in [0.717, 1.165) is 11.0 Å². The molecule has 0 N–H and O–H groups in total. The van der Waals surface area contributed by atoms with Crippen molar-refractivity contribution in [2.24, 2.45) is 0 Å². The Hall–Kier alpha value is -1.61. The minimum absolute atomic E-state index is 0.637. The lowest BCUT2D eigenvalue weighted by atomic mass is 9.92. The summed E-state index contributed by atoms with van der Waals surface area (Å²) < 4.78 is 3.40. The van der Waals surface area contributed by atoms with Crippen LogP contribution in [0.15, 0.2) is 47.2 Å². The Bertz CT molecular complexity index is 1550. The van der Waals surface area contributed by atoms with E-state index < -0.39 is 0 Å². The van der Waals surface area contributed by atoms with E-state index >= 15 is 0 Å². The summed E-state index contributed by atoms with van der Waals surface area (Å²) in [6, 6.07) is 13.5. The highest BCUT2D eigenvalue weighted by Crippen LogP contribution is 2.33. The van der Waals surface area contributed by atoms with Gasteiger partial charge in [0.05, 0.1) is 4.47 Å². The fourth-order valence-electron chi connectivity index (χ4n) is 13.3. The summed E-state index contributed by atoms with van der Waals surface area (Å²) in [6.45, 7) is 12.6. The van der Waals surface area contributed by atoms with Crippen LogP contribution in [-0.4, -0.2) is 12.1 Å². The molecule has 0 saturated heterocycles. The SMILES string of the molecule is CCCCCCCCCCCCCCCCCCCCCCC(CCCCCCCCC)N(c1ccc(/C=C/c2cc[n+](CC)cc2Br)cc1)C(CCCCCCCCC)CCCCCCCCCCCCCCCCCCCCCC. The van der Waals surface area contributed by atoms with Crippen molar-refractivity contribution in [3.63, 3.8) is 0 Å². The van der Waals surface area contributed by atoms with Crippen LogP contribution in [0.2, 0.25) is 0 Å². The van der Waals surface area contributed by atoms with Gasteiger partial charge in [0.15, 0.2) is 12.4 Å². The van der Waals surface area contributed by atoms with E-state index in [4.69, 9.17) is 0 Å². The van der Waals surface area contributed by atoms with Gasteiger partial charge in [-0.3, -0.25) is 0 Å². The molecule has 1 aromatic heterocycles. The molecule has 0 spiro atoms. The first-order valence-electron chi connectivity index (χ1n) is 37.8. The summed E-state index contributed by atoms with van der Waals surface area (Å²) in [5, 5.41) is 0. The molecule has 0 bridgehead atoms. The van der Waals surface area contributed by atoms with E-state index in [1.807, 2.05) is 0 Å². The first-order chi connectivity index (χ1) is 40.6. The second-order valence-electron chi connectivity index (χ2n) is 26.6. The number of hydrogen-bond donors (Lipinski definition) is 0. The standard InChI is InChI=1S/C79H144BrN2/c1-6-11-15-19-23-25-27-29-31-33-35-37-39-41-43-45-47-51-55-59-63-76(61-57-53-49-21-17-13-8-3)82(78-69-66-74(67-70-78)65-68-75-71-72-81(10-5)73-79(75)80)77(62-58-54-50-22-18-14-9-4)64-60-56-52-48-46-44-42-40-38-36-34-32-30-28-26-24-20-16-12-7-2/h65-73,76-77H,6-64H2,1-5H3/q+1. The molecule has 1 aromatic carbocycles. The third kappa shape index (κ3) is 44.8. The van der Waals surface area contributed by atoms with E-state index in [9.17, 15) is 0 Å². The van der Waals surface area contributed by atoms with Crippen LogP contribution in [0.25, 0.3) is 12.2 Å². The Morgan fingerprint density at radius 3 is 0.793 bits per heavy atom. The Kier molecular flexibility index (Phi) is 55.7. The van der Waals surface area contributed by atoms with Crippen LogP contribution in [0.5, 0.6) is 0 Å². The Labute approximate surface area is 524 Å². The molecule has 2 rings (SSSR count). The average molecular weight is 1200 g/mol. The predicted molar refractivity (Wildman–Crippen MR) is 376 cm³/mol. The molecular formula is C79H144BrN2+. The van der Waals surface area contributed by atoms with E-state index in [-0.39, 0.29) is 0 Å². The van der Waals surface area contributed by atoms with Gasteiger partial charge in [-0.25, -0.2) is 4.57 Å². The third-order valence-corrected chi connectivity index (χ3v) is 19.5. The second-order valence-corrected chi connectivity index (χ2v) is 27.4. The van der Waals surface area contributed by atoms with E-state index in [0.29, 0.717) is 12.1 Å². The van der Waals surface area contributed by atoms with Gasteiger partial charge in [-0.15, -0.1) is 0 Å². The van der Waals surface area contributed by atoms with Gasteiger partial charge in [0.1, 0.15) is 6.54 Å². The highest BCUT2D eigenvalue weighted by atomic mass is 79.9. The van der Waals surface area contributed by atoms with E-state index in [2.05, 4.69) is 115 Å². The maximum atomic E-state index is 3.86. The van der Waals surface area contributed by atoms with Crippen molar-refractivity contribution in [3.8, 4) is 0 Å². The largest absolute Gasteiger partial charge is 0.366 e. The van der Waals surface area contributed by atoms with Crippen LogP contribution in [0, 0.1) is 0 Å². The molecular weight excluding hydrogens is 1060 g/mol. The first-order valence-corrected chi connectivity index (χ1v) is 38.6. The molecule has 82 heavy (non-hydrogen) atoms. The van der Waals surface area contributed by atoms with Crippen molar-refractivity contribution >= 4 is 33.8 Å². The molecule has 0 amide bonds. The highest BCUT2D eigenvalue weighted by Gasteiger charge is 2.26. The number of benzene rings is 1. The summed E-state index contributed by atoms with van der Waals surface area (Å²) in [6.07, 6.45) is 92.2. The quantitative estimate of drug-likeness (QED) is 0.0473. The van der Waals surface area contributed by atoms with Gasteiger partial charge in [0, 0.05) is 29.4 Å². The summed E-state index contributed by atoms with van der Waals surface area (Å²) in [5.74, 6) is 0. The smallest absolute Gasteiger partial charge is 0.183 e. The monoisotopic (exact) mass is 1200 g/mol. The molecule has 2 unspecified atom stereocenters. The normalized spacial score (nSPS) is 12.6. The van der Waals surface area contributed by atoms with E-state index in [1.54, 1.807) is 0 Å². The summed E-state index contributed by atoms with van der Waals surface area (Å²) >= 11 is 3.86. The van der Waals surface area contributed by atoms with Crippen molar-refractivity contribution in [2.45, 2.75) is 426 Å². The highest BCUT2D eigenvalue weighted by molar-refractivity contribution is 9.10. The lowest BCUT2D eigenvalue weighted by molar-refractivity contribution is -0.694. The zero-order valence-corrected chi connectivity index (χ0v) is 57.9. The molecule has 0 radical (unpaired) electrons. The Morgan fingerprint density at radius 1 is 0.317 bits per heavy atom. The van der Waals surface area contributed by atoms with Gasteiger partial charge in [0.25, 0.3) is 0 Å². The molecule has 0 aliphatic rings. The molecule has 2 atom stereocenters. The minimum atomic E-state index is 0.637. The number of anilines is 1. The van der Waals surface area contributed by atoms with Gasteiger partial charge >= 0.3 is 0 Å². The Morgan fingerprint density at radius 2 is 0.561 bits per heavy atom. The van der Waals surface area contributed by atoms with Crippen molar-refractivity contribution < 1.29 is 4.57 Å². The fourth-order valence-corrected chi connectivity index (χ4v) is 13.8. The number of unbranched alkanes of at least 4 members (excludes halogenated alkanes) is 50. The summed E-state index contributed by atoms with van der Waals surface area (Å²) in [4.78, 5) is 3.09. The molecule has 476 valence electrons. The summed E-state index contributed by atoms with van der Waals surface area (Å²) in [5.41, 5.74) is 4.05. The maximum absolute atomic E-state index is 3.86. The van der Waals surface area contributed by atoms with Gasteiger partial charge in [-0.1, -0.05) is 399 Å². The predicted octanol–water partition coefficient (Wildman–Crippen LogP) is 28.2. The lowest BCUT2D eigenvalue weighted by Gasteiger charge is -2.41. The van der Waals surface area contributed by atoms with E-state index in [1.165, 1.54) is 389 Å².